The fourth-order valence-electron chi connectivity index (χ4n) is 3.42. The van der Waals surface area contributed by atoms with Crippen LogP contribution in [0.25, 0.3) is 0 Å². The fourth-order valence-corrected chi connectivity index (χ4v) is 5.36. The van der Waals surface area contributed by atoms with E-state index in [4.69, 9.17) is 25.2 Å². The van der Waals surface area contributed by atoms with Crippen LogP contribution in [0.5, 0.6) is 11.5 Å². The van der Waals surface area contributed by atoms with Crippen molar-refractivity contribution in [2.75, 3.05) is 26.4 Å². The zero-order valence-corrected chi connectivity index (χ0v) is 18.0. The van der Waals surface area contributed by atoms with Crippen LogP contribution >= 0.6 is 0 Å². The van der Waals surface area contributed by atoms with Crippen molar-refractivity contribution in [3.63, 3.8) is 0 Å². The van der Waals surface area contributed by atoms with Crippen molar-refractivity contribution in [2.45, 2.75) is 22.5 Å². The highest BCUT2D eigenvalue weighted by Crippen LogP contribution is 2.35. The molecule has 0 spiro atoms. The van der Waals surface area contributed by atoms with Gasteiger partial charge < -0.3 is 19.9 Å². The second-order valence-corrected chi connectivity index (χ2v) is 9.37. The summed E-state index contributed by atoms with van der Waals surface area (Å²) < 4.78 is 40.9. The Balaban J connectivity index is 0.00000385. The molecule has 11 heteroatoms. The smallest absolute Gasteiger partial charge is 0.265 e. The Labute approximate surface area is 186 Å². The maximum absolute atomic E-state index is 13.2. The van der Waals surface area contributed by atoms with Crippen LogP contribution in [-0.4, -0.2) is 56.6 Å². The number of hydroxylamine groups is 1. The van der Waals surface area contributed by atoms with E-state index >= 15 is 0 Å². The minimum atomic E-state index is -4.09. The van der Waals surface area contributed by atoms with Crippen LogP contribution in [0.4, 0.5) is 0 Å². The van der Waals surface area contributed by atoms with Crippen molar-refractivity contribution in [1.82, 2.24) is 5.48 Å². The van der Waals surface area contributed by atoms with Gasteiger partial charge in [0.25, 0.3) is 5.91 Å². The molecule has 1 aliphatic heterocycles. The fraction of sp³-hybridized carbons (Fsp3) is 0.333. The first-order chi connectivity index (χ1) is 15.3. The molecule has 2 aromatic rings. The molecule has 0 saturated carbocycles. The summed E-state index contributed by atoms with van der Waals surface area (Å²) in [5, 5.41) is 9.09. The number of hydrogen-bond donors (Lipinski definition) is 3. The Morgan fingerprint density at radius 2 is 1.69 bits per heavy atom. The van der Waals surface area contributed by atoms with Gasteiger partial charge in [0.15, 0.2) is 14.6 Å². The lowest BCUT2D eigenvalue weighted by molar-refractivity contribution is -0.134. The van der Waals surface area contributed by atoms with Gasteiger partial charge >= 0.3 is 0 Å². The lowest BCUT2D eigenvalue weighted by Crippen LogP contribution is -2.54. The van der Waals surface area contributed by atoms with Crippen molar-refractivity contribution in [3.05, 3.63) is 54.1 Å². The van der Waals surface area contributed by atoms with Gasteiger partial charge in [-0.25, -0.2) is 13.9 Å². The van der Waals surface area contributed by atoms with E-state index in [1.54, 1.807) is 18.2 Å². The molecule has 174 valence electrons. The molecule has 0 bridgehead atoms. The Morgan fingerprint density at radius 1 is 1.06 bits per heavy atom. The molecule has 1 aliphatic rings. The molecular formula is C21H26N2O8S. The van der Waals surface area contributed by atoms with Gasteiger partial charge in [0.05, 0.1) is 4.90 Å². The SMILES string of the molecule is NC(=O)c1cccc(OCCOc2ccc(S(=O)(=O)C3(C(=O)NO)CCOCC3)cc2)c1.[HH]. The molecule has 1 fully saturated rings. The highest BCUT2D eigenvalue weighted by atomic mass is 32.2. The Bertz CT molecular complexity index is 1070. The zero-order valence-electron chi connectivity index (χ0n) is 17.2. The van der Waals surface area contributed by atoms with E-state index in [0.717, 1.165) is 0 Å². The molecule has 3 rings (SSSR count). The summed E-state index contributed by atoms with van der Waals surface area (Å²) >= 11 is 0. The monoisotopic (exact) mass is 466 g/mol. The Morgan fingerprint density at radius 3 is 2.28 bits per heavy atom. The molecule has 10 nitrogen and oxygen atoms in total. The standard InChI is InChI=1S/C21H24N2O8S.H2/c22-19(24)15-2-1-3-17(14-15)31-13-12-30-16-4-6-18(7-5-16)32(27,28)21(20(25)23-26)8-10-29-11-9-21;/h1-7,14,26H,8-13H2,(H2,22,24)(H,23,25);1H. The van der Waals surface area contributed by atoms with Gasteiger partial charge in [-0.05, 0) is 55.3 Å². The van der Waals surface area contributed by atoms with Crippen molar-refractivity contribution in [1.29, 1.82) is 0 Å². The van der Waals surface area contributed by atoms with Crippen molar-refractivity contribution in [3.8, 4) is 11.5 Å². The van der Waals surface area contributed by atoms with Crippen molar-refractivity contribution < 1.29 is 38.9 Å². The molecule has 0 radical (unpaired) electrons. The predicted molar refractivity (Wildman–Crippen MR) is 114 cm³/mol. The van der Waals surface area contributed by atoms with Gasteiger partial charge in [0, 0.05) is 20.2 Å². The molecular weight excluding hydrogens is 440 g/mol. The van der Waals surface area contributed by atoms with E-state index in [-0.39, 0.29) is 45.6 Å². The summed E-state index contributed by atoms with van der Waals surface area (Å²) in [6, 6.07) is 12.1. The number of sulfone groups is 1. The van der Waals surface area contributed by atoms with Crippen molar-refractivity contribution >= 4 is 21.7 Å². The van der Waals surface area contributed by atoms with Crippen LogP contribution in [0.3, 0.4) is 0 Å². The van der Waals surface area contributed by atoms with Crippen LogP contribution in [0, 0.1) is 0 Å². The van der Waals surface area contributed by atoms with E-state index in [0.29, 0.717) is 17.1 Å². The number of nitrogens with one attached hydrogen (secondary N) is 1. The summed E-state index contributed by atoms with van der Waals surface area (Å²) in [5.41, 5.74) is 7.05. The maximum Gasteiger partial charge on any atom is 0.265 e. The number of benzene rings is 2. The minimum absolute atomic E-state index is 0. The van der Waals surface area contributed by atoms with E-state index in [2.05, 4.69) is 0 Å². The van der Waals surface area contributed by atoms with Crippen molar-refractivity contribution in [2.24, 2.45) is 5.73 Å². The molecule has 32 heavy (non-hydrogen) atoms. The third-order valence-electron chi connectivity index (χ3n) is 5.20. The number of carbonyl (C=O) groups excluding carboxylic acids is 2. The quantitative estimate of drug-likeness (QED) is 0.284. The summed E-state index contributed by atoms with van der Waals surface area (Å²) in [4.78, 5) is 23.4. The topological polar surface area (TPSA) is 154 Å². The third kappa shape index (κ3) is 4.85. The van der Waals surface area contributed by atoms with Crippen LogP contribution < -0.4 is 20.7 Å². The summed E-state index contributed by atoms with van der Waals surface area (Å²) in [5.74, 6) is -0.652. The van der Waals surface area contributed by atoms with Gasteiger partial charge in [0.1, 0.15) is 24.7 Å². The molecule has 2 aromatic carbocycles. The van der Waals surface area contributed by atoms with Crippen LogP contribution in [0.1, 0.15) is 24.6 Å². The molecule has 4 N–H and O–H groups in total. The van der Waals surface area contributed by atoms with Gasteiger partial charge in [-0.15, -0.1) is 0 Å². The lowest BCUT2D eigenvalue weighted by Gasteiger charge is -2.34. The van der Waals surface area contributed by atoms with Gasteiger partial charge in [-0.1, -0.05) is 6.07 Å². The van der Waals surface area contributed by atoms with Gasteiger partial charge in [-0.3, -0.25) is 14.8 Å². The number of primary amides is 1. The molecule has 1 saturated heterocycles. The minimum Gasteiger partial charge on any atom is -0.490 e. The average Bonchev–Trinajstić information content (AvgIpc) is 2.82. The molecule has 0 unspecified atom stereocenters. The van der Waals surface area contributed by atoms with E-state index < -0.39 is 26.4 Å². The van der Waals surface area contributed by atoms with E-state index in [1.807, 2.05) is 0 Å². The van der Waals surface area contributed by atoms with Crippen LogP contribution in [-0.2, 0) is 19.4 Å². The number of hydrogen-bond acceptors (Lipinski definition) is 8. The van der Waals surface area contributed by atoms with Gasteiger partial charge in [-0.2, -0.15) is 0 Å². The Kier molecular flexibility index (Phi) is 7.33. The number of ether oxygens (including phenoxy) is 3. The molecule has 0 atom stereocenters. The third-order valence-corrected chi connectivity index (χ3v) is 7.72. The first kappa shape index (κ1) is 23.5. The molecule has 2 amide bonds. The first-order valence-corrected chi connectivity index (χ1v) is 11.3. The second-order valence-electron chi connectivity index (χ2n) is 7.11. The highest BCUT2D eigenvalue weighted by Gasteiger charge is 2.52. The van der Waals surface area contributed by atoms with E-state index in [9.17, 15) is 18.0 Å². The molecule has 1 heterocycles. The maximum atomic E-state index is 13.2. The zero-order chi connectivity index (χ0) is 23.2. The number of rotatable bonds is 9. The normalized spacial score (nSPS) is 15.5. The number of carbonyl (C=O) groups is 2. The summed E-state index contributed by atoms with van der Waals surface area (Å²) in [6.45, 7) is 0.537. The highest BCUT2D eigenvalue weighted by molar-refractivity contribution is 7.93. The average molecular weight is 467 g/mol. The second kappa shape index (κ2) is 9.98. The molecule has 0 aromatic heterocycles. The summed E-state index contributed by atoms with van der Waals surface area (Å²) in [6.07, 6.45) is -0.122. The largest absolute Gasteiger partial charge is 0.490 e. The van der Waals surface area contributed by atoms with E-state index in [1.165, 1.54) is 35.8 Å². The van der Waals surface area contributed by atoms with Crippen LogP contribution in [0.15, 0.2) is 53.4 Å². The number of nitrogens with two attached hydrogens (primary N) is 1. The first-order valence-electron chi connectivity index (χ1n) is 9.82. The predicted octanol–water partition coefficient (Wildman–Crippen LogP) is 1.32. The molecule has 0 aliphatic carbocycles. The van der Waals surface area contributed by atoms with Crippen LogP contribution in [0.2, 0.25) is 0 Å². The Hall–Kier alpha value is -3.15. The van der Waals surface area contributed by atoms with Gasteiger partial charge in [0.2, 0.25) is 5.91 Å². The number of amides is 2. The summed E-state index contributed by atoms with van der Waals surface area (Å²) in [7, 11) is -4.09. The lowest BCUT2D eigenvalue weighted by atomic mass is 9.98.